The Morgan fingerprint density at radius 1 is 0.935 bits per heavy atom. The second kappa shape index (κ2) is 9.84. The Balaban J connectivity index is 1.65. The van der Waals surface area contributed by atoms with E-state index in [9.17, 15) is 13.6 Å². The summed E-state index contributed by atoms with van der Waals surface area (Å²) in [6.45, 7) is 7.73. The van der Waals surface area contributed by atoms with Crippen LogP contribution in [0.3, 0.4) is 0 Å². The van der Waals surface area contributed by atoms with Crippen molar-refractivity contribution in [3.05, 3.63) is 65.9 Å². The zero-order valence-corrected chi connectivity index (χ0v) is 17.5. The number of hydrogen-bond donors (Lipinski definition) is 3. The molecule has 0 aliphatic heterocycles. The second-order valence-corrected chi connectivity index (χ2v) is 6.77. The summed E-state index contributed by atoms with van der Waals surface area (Å²) < 4.78 is 26.9. The number of carbonyl (C=O) groups is 1. The number of benzene rings is 2. The first-order valence-corrected chi connectivity index (χ1v) is 9.88. The summed E-state index contributed by atoms with van der Waals surface area (Å²) >= 11 is 0. The van der Waals surface area contributed by atoms with Gasteiger partial charge >= 0.3 is 6.03 Å². The van der Waals surface area contributed by atoms with Crippen molar-refractivity contribution < 1.29 is 13.6 Å². The maximum absolute atomic E-state index is 13.6. The van der Waals surface area contributed by atoms with Crippen molar-refractivity contribution in [2.45, 2.75) is 20.8 Å². The van der Waals surface area contributed by atoms with Crippen LogP contribution in [-0.4, -0.2) is 29.1 Å². The SMILES string of the molecule is CCN(CC)c1cc(C)nc(Nc2ccc(NC(=O)Nc3cc(F)ccc3F)cc2)n1. The van der Waals surface area contributed by atoms with Gasteiger partial charge in [0.25, 0.3) is 0 Å². The van der Waals surface area contributed by atoms with E-state index in [-0.39, 0.29) is 5.69 Å². The van der Waals surface area contributed by atoms with E-state index >= 15 is 0 Å². The molecule has 0 saturated carbocycles. The third-order valence-electron chi connectivity index (χ3n) is 4.50. The Morgan fingerprint density at radius 3 is 2.29 bits per heavy atom. The fraction of sp³-hybridized carbons (Fsp3) is 0.227. The molecule has 2 aromatic carbocycles. The number of carbonyl (C=O) groups excluding carboxylic acids is 1. The lowest BCUT2D eigenvalue weighted by Crippen LogP contribution is -2.23. The van der Waals surface area contributed by atoms with Gasteiger partial charge in [0.1, 0.15) is 17.5 Å². The molecule has 1 heterocycles. The topological polar surface area (TPSA) is 82.2 Å². The Morgan fingerprint density at radius 2 is 1.61 bits per heavy atom. The molecule has 0 unspecified atom stereocenters. The van der Waals surface area contributed by atoms with Gasteiger partial charge in [-0.05, 0) is 57.2 Å². The minimum atomic E-state index is -0.724. The molecular weight excluding hydrogens is 402 g/mol. The minimum absolute atomic E-state index is 0.239. The molecule has 3 aromatic rings. The summed E-state index contributed by atoms with van der Waals surface area (Å²) in [5.74, 6) is -0.0468. The Bertz CT molecular complexity index is 1050. The quantitative estimate of drug-likeness (QED) is 0.478. The average Bonchev–Trinajstić information content (AvgIpc) is 2.73. The highest BCUT2D eigenvalue weighted by molar-refractivity contribution is 5.99. The number of nitrogens with zero attached hydrogens (tertiary/aromatic N) is 3. The van der Waals surface area contributed by atoms with Gasteiger partial charge in [-0.25, -0.2) is 18.6 Å². The molecule has 0 fully saturated rings. The van der Waals surface area contributed by atoms with Gasteiger partial charge in [0, 0.05) is 42.3 Å². The lowest BCUT2D eigenvalue weighted by atomic mass is 10.2. The highest BCUT2D eigenvalue weighted by atomic mass is 19.1. The van der Waals surface area contributed by atoms with Gasteiger partial charge in [-0.3, -0.25) is 0 Å². The van der Waals surface area contributed by atoms with Gasteiger partial charge in [0.15, 0.2) is 0 Å². The second-order valence-electron chi connectivity index (χ2n) is 6.77. The van der Waals surface area contributed by atoms with Crippen LogP contribution in [0.2, 0.25) is 0 Å². The van der Waals surface area contributed by atoms with E-state index in [1.54, 1.807) is 24.3 Å². The maximum Gasteiger partial charge on any atom is 0.323 e. The molecule has 0 spiro atoms. The fourth-order valence-electron chi connectivity index (χ4n) is 2.96. The number of aromatic nitrogens is 2. The molecule has 31 heavy (non-hydrogen) atoms. The van der Waals surface area contributed by atoms with Gasteiger partial charge in [-0.1, -0.05) is 0 Å². The highest BCUT2D eigenvalue weighted by Gasteiger charge is 2.10. The van der Waals surface area contributed by atoms with Gasteiger partial charge < -0.3 is 20.9 Å². The molecule has 2 amide bonds. The Labute approximate surface area is 179 Å². The molecule has 9 heteroatoms. The van der Waals surface area contributed by atoms with Crippen LogP contribution in [0, 0.1) is 18.6 Å². The molecule has 0 atom stereocenters. The molecule has 0 saturated heterocycles. The molecule has 0 aliphatic carbocycles. The van der Waals surface area contributed by atoms with Gasteiger partial charge in [0.2, 0.25) is 5.95 Å². The molecule has 7 nitrogen and oxygen atoms in total. The van der Waals surface area contributed by atoms with Crippen molar-refractivity contribution in [2.75, 3.05) is 33.9 Å². The smallest absolute Gasteiger partial charge is 0.323 e. The van der Waals surface area contributed by atoms with E-state index in [0.717, 1.165) is 48.5 Å². The normalized spacial score (nSPS) is 10.5. The number of hydrogen-bond acceptors (Lipinski definition) is 5. The van der Waals surface area contributed by atoms with Gasteiger partial charge in [-0.2, -0.15) is 4.98 Å². The third-order valence-corrected chi connectivity index (χ3v) is 4.50. The van der Waals surface area contributed by atoms with E-state index in [2.05, 4.69) is 44.7 Å². The molecule has 3 N–H and O–H groups in total. The van der Waals surface area contributed by atoms with Crippen LogP contribution in [0.25, 0.3) is 0 Å². The molecule has 162 valence electrons. The third kappa shape index (κ3) is 5.88. The van der Waals surface area contributed by atoms with Crippen molar-refractivity contribution >= 4 is 34.9 Å². The summed E-state index contributed by atoms with van der Waals surface area (Å²) in [5, 5.41) is 8.01. The van der Waals surface area contributed by atoms with Crippen molar-refractivity contribution in [1.82, 2.24) is 9.97 Å². The largest absolute Gasteiger partial charge is 0.357 e. The number of urea groups is 1. The maximum atomic E-state index is 13.6. The summed E-state index contributed by atoms with van der Waals surface area (Å²) in [5.41, 5.74) is 1.82. The number of aryl methyl sites for hydroxylation is 1. The standard InChI is InChI=1S/C22H24F2N6O/c1-4-30(5-2)20-12-14(3)25-21(29-20)26-16-7-9-17(10-8-16)27-22(31)28-19-13-15(23)6-11-18(19)24/h6-13H,4-5H2,1-3H3,(H,25,26,29)(H2,27,28,31). The van der Waals surface area contributed by atoms with Crippen molar-refractivity contribution in [3.63, 3.8) is 0 Å². The zero-order chi connectivity index (χ0) is 22.4. The Kier molecular flexibility index (Phi) is 6.96. The van der Waals surface area contributed by atoms with Crippen LogP contribution in [0.5, 0.6) is 0 Å². The van der Waals surface area contributed by atoms with Gasteiger partial charge in [-0.15, -0.1) is 0 Å². The van der Waals surface area contributed by atoms with Crippen LogP contribution in [0.4, 0.5) is 42.4 Å². The summed E-state index contributed by atoms with van der Waals surface area (Å²) in [6.07, 6.45) is 0. The monoisotopic (exact) mass is 426 g/mol. The first-order valence-electron chi connectivity index (χ1n) is 9.88. The van der Waals surface area contributed by atoms with Crippen LogP contribution < -0.4 is 20.9 Å². The van der Waals surface area contributed by atoms with Crippen LogP contribution in [-0.2, 0) is 0 Å². The van der Waals surface area contributed by atoms with Crippen LogP contribution >= 0.6 is 0 Å². The molecule has 1 aromatic heterocycles. The van der Waals surface area contributed by atoms with Crippen LogP contribution in [0.15, 0.2) is 48.5 Å². The zero-order valence-electron chi connectivity index (χ0n) is 17.5. The predicted octanol–water partition coefficient (Wildman–Crippen LogP) is 5.30. The number of halogens is 2. The molecule has 0 bridgehead atoms. The Hall–Kier alpha value is -3.75. The molecule has 0 aliphatic rings. The number of anilines is 5. The molecule has 3 rings (SSSR count). The lowest BCUT2D eigenvalue weighted by molar-refractivity contribution is 0.262. The fourth-order valence-corrected chi connectivity index (χ4v) is 2.96. The van der Waals surface area contributed by atoms with Crippen molar-refractivity contribution in [2.24, 2.45) is 0 Å². The summed E-state index contributed by atoms with van der Waals surface area (Å²) in [6, 6.07) is 10.9. The molecular formula is C22H24F2N6O. The van der Waals surface area contributed by atoms with E-state index < -0.39 is 17.7 Å². The summed E-state index contributed by atoms with van der Waals surface area (Å²) in [4.78, 5) is 23.2. The van der Waals surface area contributed by atoms with E-state index in [1.807, 2.05) is 13.0 Å². The van der Waals surface area contributed by atoms with E-state index in [1.165, 1.54) is 0 Å². The number of nitrogens with one attached hydrogen (secondary N) is 3. The van der Waals surface area contributed by atoms with Crippen molar-refractivity contribution in [3.8, 4) is 0 Å². The van der Waals surface area contributed by atoms with Gasteiger partial charge in [0.05, 0.1) is 5.69 Å². The van der Waals surface area contributed by atoms with Crippen molar-refractivity contribution in [1.29, 1.82) is 0 Å². The predicted molar refractivity (Wildman–Crippen MR) is 119 cm³/mol. The van der Waals surface area contributed by atoms with E-state index in [4.69, 9.17) is 0 Å². The minimum Gasteiger partial charge on any atom is -0.357 e. The highest BCUT2D eigenvalue weighted by Crippen LogP contribution is 2.21. The first-order chi connectivity index (χ1) is 14.9. The summed E-state index contributed by atoms with van der Waals surface area (Å²) in [7, 11) is 0. The van der Waals surface area contributed by atoms with Crippen LogP contribution in [0.1, 0.15) is 19.5 Å². The lowest BCUT2D eigenvalue weighted by Gasteiger charge is -2.20. The first kappa shape index (κ1) is 21.9. The number of amides is 2. The average molecular weight is 426 g/mol. The number of rotatable bonds is 7. The van der Waals surface area contributed by atoms with E-state index in [0.29, 0.717) is 11.6 Å². The molecule has 0 radical (unpaired) electrons.